The second kappa shape index (κ2) is 8.45. The van der Waals surface area contributed by atoms with Gasteiger partial charge in [-0.25, -0.2) is 0 Å². The van der Waals surface area contributed by atoms with Crippen molar-refractivity contribution < 1.29 is 0 Å². The highest BCUT2D eigenvalue weighted by atomic mass is 14.6. The van der Waals surface area contributed by atoms with Gasteiger partial charge >= 0.3 is 0 Å². The Morgan fingerprint density at radius 3 is 2.00 bits per heavy atom. The summed E-state index contributed by atoms with van der Waals surface area (Å²) in [7, 11) is 0. The third-order valence-corrected chi connectivity index (χ3v) is 4.52. The number of hydrogen-bond acceptors (Lipinski definition) is 0. The molecule has 1 N–H and O–H groups in total. The number of nitrogens with one attached hydrogen (secondary N) is 1. The minimum atomic E-state index is 0.382. The summed E-state index contributed by atoms with van der Waals surface area (Å²) in [6.45, 7) is 9.30. The van der Waals surface area contributed by atoms with E-state index in [0.29, 0.717) is 5.41 Å². The zero-order valence-electron chi connectivity index (χ0n) is 13.5. The van der Waals surface area contributed by atoms with Gasteiger partial charge in [0, 0.05) is 12.4 Å². The molecule has 1 unspecified atom stereocenters. The molecule has 0 radical (unpaired) electrons. The van der Waals surface area contributed by atoms with Crippen molar-refractivity contribution in [3.63, 3.8) is 0 Å². The molecule has 1 nitrogen and oxygen atoms in total. The molecule has 0 aliphatic heterocycles. The molecule has 1 aromatic heterocycles. The number of aryl methyl sites for hydroxylation is 1. The van der Waals surface area contributed by atoms with Gasteiger partial charge in [-0.15, -0.1) is 0 Å². The lowest BCUT2D eigenvalue weighted by molar-refractivity contribution is 0.364. The summed E-state index contributed by atoms with van der Waals surface area (Å²) in [6, 6.07) is 0. The van der Waals surface area contributed by atoms with Crippen molar-refractivity contribution in [2.75, 3.05) is 0 Å². The molecule has 0 amide bonds. The van der Waals surface area contributed by atoms with Crippen LogP contribution in [0.4, 0.5) is 0 Å². The van der Waals surface area contributed by atoms with Gasteiger partial charge in [0.2, 0.25) is 0 Å². The molecule has 110 valence electrons. The number of aromatic amines is 1. The second-order valence-electron chi connectivity index (χ2n) is 6.38. The Morgan fingerprint density at radius 2 is 1.47 bits per heavy atom. The van der Waals surface area contributed by atoms with Gasteiger partial charge in [0.15, 0.2) is 0 Å². The Kier molecular flexibility index (Phi) is 7.27. The van der Waals surface area contributed by atoms with Gasteiger partial charge in [-0.2, -0.15) is 0 Å². The molecule has 0 saturated carbocycles. The molecule has 0 aliphatic carbocycles. The first-order valence-corrected chi connectivity index (χ1v) is 8.28. The third-order valence-electron chi connectivity index (χ3n) is 4.52. The lowest BCUT2D eigenvalue weighted by Crippen LogP contribution is -2.22. The van der Waals surface area contributed by atoms with E-state index in [4.69, 9.17) is 0 Å². The molecular weight excluding hydrogens is 230 g/mol. The maximum atomic E-state index is 3.30. The molecule has 0 fully saturated rings. The average molecular weight is 263 g/mol. The highest BCUT2D eigenvalue weighted by Gasteiger charge is 2.27. The van der Waals surface area contributed by atoms with Crippen LogP contribution in [0.2, 0.25) is 0 Å². The standard InChI is InChI=1S/C18H33N/c1-5-7-9-11-13-18(4,12-10-8-6-2)17-15-19-14-16(17)3/h14-15,19H,5-13H2,1-4H3. The summed E-state index contributed by atoms with van der Waals surface area (Å²) >= 11 is 0. The van der Waals surface area contributed by atoms with E-state index in [1.54, 1.807) is 5.56 Å². The topological polar surface area (TPSA) is 15.8 Å². The highest BCUT2D eigenvalue weighted by Crippen LogP contribution is 2.37. The quantitative estimate of drug-likeness (QED) is 0.489. The maximum Gasteiger partial charge on any atom is 0.00456 e. The fraction of sp³-hybridized carbons (Fsp3) is 0.778. The highest BCUT2D eigenvalue weighted by molar-refractivity contribution is 5.30. The number of H-pyrrole nitrogens is 1. The van der Waals surface area contributed by atoms with Gasteiger partial charge < -0.3 is 4.98 Å². The van der Waals surface area contributed by atoms with Gasteiger partial charge in [0.05, 0.1) is 0 Å². The van der Waals surface area contributed by atoms with Gasteiger partial charge in [0.1, 0.15) is 0 Å². The predicted octanol–water partition coefficient (Wildman–Crippen LogP) is 6.13. The van der Waals surface area contributed by atoms with E-state index in [0.717, 1.165) is 0 Å². The summed E-state index contributed by atoms with van der Waals surface area (Å²) in [5.74, 6) is 0. The first kappa shape index (κ1) is 16.3. The number of unbranched alkanes of at least 4 members (excludes halogenated alkanes) is 5. The zero-order valence-corrected chi connectivity index (χ0v) is 13.5. The first-order valence-electron chi connectivity index (χ1n) is 8.28. The Hall–Kier alpha value is -0.720. The summed E-state index contributed by atoms with van der Waals surface area (Å²) in [5.41, 5.74) is 3.38. The average Bonchev–Trinajstić information content (AvgIpc) is 2.82. The van der Waals surface area contributed by atoms with Crippen LogP contribution in [0.1, 0.15) is 89.7 Å². The van der Waals surface area contributed by atoms with Crippen LogP contribution < -0.4 is 0 Å². The van der Waals surface area contributed by atoms with Crippen molar-refractivity contribution in [2.45, 2.75) is 90.9 Å². The molecule has 0 saturated heterocycles. The van der Waals surface area contributed by atoms with Crippen LogP contribution >= 0.6 is 0 Å². The monoisotopic (exact) mass is 263 g/mol. The third kappa shape index (κ3) is 5.04. The minimum Gasteiger partial charge on any atom is -0.367 e. The molecule has 1 heteroatoms. The molecule has 0 spiro atoms. The zero-order chi connectivity index (χ0) is 14.1. The van der Waals surface area contributed by atoms with Gasteiger partial charge in [-0.05, 0) is 36.3 Å². The van der Waals surface area contributed by atoms with E-state index < -0.39 is 0 Å². The Bertz CT molecular complexity index is 339. The fourth-order valence-electron chi connectivity index (χ4n) is 3.19. The van der Waals surface area contributed by atoms with Crippen LogP contribution in [-0.2, 0) is 5.41 Å². The van der Waals surface area contributed by atoms with E-state index in [1.165, 1.54) is 63.4 Å². The first-order chi connectivity index (χ1) is 9.14. The molecule has 19 heavy (non-hydrogen) atoms. The van der Waals surface area contributed by atoms with Crippen molar-refractivity contribution in [2.24, 2.45) is 0 Å². The lowest BCUT2D eigenvalue weighted by atomic mass is 9.74. The number of hydrogen-bond donors (Lipinski definition) is 1. The Labute approximate surface area is 120 Å². The molecule has 1 heterocycles. The van der Waals surface area contributed by atoms with E-state index in [2.05, 4.69) is 45.1 Å². The lowest BCUT2D eigenvalue weighted by Gasteiger charge is -2.30. The normalized spacial score (nSPS) is 14.5. The van der Waals surface area contributed by atoms with E-state index in [1.807, 2.05) is 0 Å². The minimum absolute atomic E-state index is 0.382. The van der Waals surface area contributed by atoms with E-state index >= 15 is 0 Å². The van der Waals surface area contributed by atoms with Crippen molar-refractivity contribution in [1.82, 2.24) is 4.98 Å². The molecule has 1 atom stereocenters. The Morgan fingerprint density at radius 1 is 0.895 bits per heavy atom. The van der Waals surface area contributed by atoms with Crippen molar-refractivity contribution in [3.05, 3.63) is 23.5 Å². The molecule has 1 rings (SSSR count). The fourth-order valence-corrected chi connectivity index (χ4v) is 3.19. The maximum absolute atomic E-state index is 3.30. The second-order valence-corrected chi connectivity index (χ2v) is 6.38. The molecular formula is C18H33N. The van der Waals surface area contributed by atoms with Crippen LogP contribution in [0.3, 0.4) is 0 Å². The van der Waals surface area contributed by atoms with Crippen molar-refractivity contribution >= 4 is 0 Å². The van der Waals surface area contributed by atoms with Crippen molar-refractivity contribution in [1.29, 1.82) is 0 Å². The van der Waals surface area contributed by atoms with Crippen LogP contribution in [0.15, 0.2) is 12.4 Å². The Balaban J connectivity index is 2.64. The molecule has 0 bridgehead atoms. The van der Waals surface area contributed by atoms with Gasteiger partial charge in [-0.3, -0.25) is 0 Å². The molecule has 1 aromatic rings. The van der Waals surface area contributed by atoms with Crippen LogP contribution in [0.5, 0.6) is 0 Å². The van der Waals surface area contributed by atoms with Crippen molar-refractivity contribution in [3.8, 4) is 0 Å². The van der Waals surface area contributed by atoms with Gasteiger partial charge in [0.25, 0.3) is 0 Å². The van der Waals surface area contributed by atoms with E-state index in [9.17, 15) is 0 Å². The number of aromatic nitrogens is 1. The summed E-state index contributed by atoms with van der Waals surface area (Å²) in [4.78, 5) is 3.30. The van der Waals surface area contributed by atoms with E-state index in [-0.39, 0.29) is 0 Å². The molecule has 0 aliphatic rings. The summed E-state index contributed by atoms with van der Waals surface area (Å²) in [5, 5.41) is 0. The summed E-state index contributed by atoms with van der Waals surface area (Å²) < 4.78 is 0. The van der Waals surface area contributed by atoms with Gasteiger partial charge in [-0.1, -0.05) is 65.7 Å². The van der Waals surface area contributed by atoms with Crippen LogP contribution in [0.25, 0.3) is 0 Å². The van der Waals surface area contributed by atoms with Crippen LogP contribution in [0, 0.1) is 6.92 Å². The summed E-state index contributed by atoms with van der Waals surface area (Å²) in [6.07, 6.45) is 16.6. The molecule has 0 aromatic carbocycles. The number of rotatable bonds is 10. The van der Waals surface area contributed by atoms with Crippen LogP contribution in [-0.4, -0.2) is 4.98 Å². The largest absolute Gasteiger partial charge is 0.367 e. The predicted molar refractivity (Wildman–Crippen MR) is 85.8 cm³/mol. The smallest absolute Gasteiger partial charge is 0.00456 e. The SMILES string of the molecule is CCCCCCC(C)(CCCCC)c1c[nH]cc1C.